The molecule has 0 radical (unpaired) electrons. The average Bonchev–Trinajstić information content (AvgIpc) is 2.36. The van der Waals surface area contributed by atoms with Gasteiger partial charge < -0.3 is 16.0 Å². The molecular formula is C14H27N3O2. The van der Waals surface area contributed by atoms with E-state index < -0.39 is 5.41 Å². The van der Waals surface area contributed by atoms with Crippen LogP contribution in [0.1, 0.15) is 40.5 Å². The summed E-state index contributed by atoms with van der Waals surface area (Å²) in [4.78, 5) is 23.9. The van der Waals surface area contributed by atoms with E-state index in [1.165, 1.54) is 0 Å². The van der Waals surface area contributed by atoms with Gasteiger partial charge in [-0.2, -0.15) is 0 Å². The van der Waals surface area contributed by atoms with E-state index in [0.717, 1.165) is 19.4 Å². The zero-order valence-electron chi connectivity index (χ0n) is 12.5. The highest BCUT2D eigenvalue weighted by molar-refractivity contribution is 5.84. The highest BCUT2D eigenvalue weighted by atomic mass is 16.2. The molecule has 1 saturated heterocycles. The normalized spacial score (nSPS) is 23.8. The molecule has 0 aromatic heterocycles. The van der Waals surface area contributed by atoms with Crippen molar-refractivity contribution in [2.75, 3.05) is 19.6 Å². The van der Waals surface area contributed by atoms with Crippen LogP contribution in [-0.2, 0) is 9.59 Å². The molecule has 1 rings (SSSR count). The van der Waals surface area contributed by atoms with Gasteiger partial charge in [-0.05, 0) is 47.1 Å². The summed E-state index contributed by atoms with van der Waals surface area (Å²) in [6, 6.07) is 0.390. The first-order valence-corrected chi connectivity index (χ1v) is 7.16. The van der Waals surface area contributed by atoms with Crippen LogP contribution in [0.4, 0.5) is 0 Å². The molecule has 1 fully saturated rings. The van der Waals surface area contributed by atoms with E-state index in [0.29, 0.717) is 19.1 Å². The molecule has 0 saturated carbocycles. The van der Waals surface area contributed by atoms with E-state index in [9.17, 15) is 9.59 Å². The molecule has 5 heteroatoms. The lowest BCUT2D eigenvalue weighted by Crippen LogP contribution is -2.48. The van der Waals surface area contributed by atoms with Gasteiger partial charge in [0.2, 0.25) is 11.8 Å². The summed E-state index contributed by atoms with van der Waals surface area (Å²) in [5, 5.41) is 9.05. The number of carbonyl (C=O) groups excluding carboxylic acids is 2. The fourth-order valence-corrected chi connectivity index (χ4v) is 2.30. The molecule has 0 aromatic carbocycles. The highest BCUT2D eigenvalue weighted by Gasteiger charge is 2.30. The number of hydrogen-bond donors (Lipinski definition) is 3. The lowest BCUT2D eigenvalue weighted by Gasteiger charge is -2.29. The van der Waals surface area contributed by atoms with Crippen molar-refractivity contribution in [3.05, 3.63) is 0 Å². The maximum atomic E-state index is 12.1. The van der Waals surface area contributed by atoms with E-state index in [2.05, 4.69) is 22.9 Å². The molecule has 0 aliphatic carbocycles. The third-order valence-electron chi connectivity index (χ3n) is 3.65. The zero-order chi connectivity index (χ0) is 14.5. The van der Waals surface area contributed by atoms with E-state index in [1.54, 1.807) is 0 Å². The van der Waals surface area contributed by atoms with Crippen molar-refractivity contribution in [1.29, 1.82) is 0 Å². The quantitative estimate of drug-likeness (QED) is 0.686. The van der Waals surface area contributed by atoms with Gasteiger partial charge in [-0.25, -0.2) is 0 Å². The number of nitrogens with one attached hydrogen (secondary N) is 3. The molecule has 0 bridgehead atoms. The molecule has 0 unspecified atom stereocenters. The molecule has 1 aliphatic heterocycles. The first kappa shape index (κ1) is 16.0. The minimum Gasteiger partial charge on any atom is -0.356 e. The van der Waals surface area contributed by atoms with Gasteiger partial charge in [-0.1, -0.05) is 0 Å². The van der Waals surface area contributed by atoms with Crippen molar-refractivity contribution in [3.63, 3.8) is 0 Å². The minimum absolute atomic E-state index is 0.0195. The summed E-state index contributed by atoms with van der Waals surface area (Å²) in [7, 11) is 0. The van der Waals surface area contributed by atoms with Crippen molar-refractivity contribution in [1.82, 2.24) is 16.0 Å². The Balaban J connectivity index is 2.42. The maximum Gasteiger partial charge on any atom is 0.227 e. The molecule has 3 N–H and O–H groups in total. The topological polar surface area (TPSA) is 70.2 Å². The van der Waals surface area contributed by atoms with Crippen LogP contribution in [0.5, 0.6) is 0 Å². The first-order chi connectivity index (χ1) is 8.86. The second-order valence-corrected chi connectivity index (χ2v) is 6.04. The third kappa shape index (κ3) is 4.82. The second kappa shape index (κ2) is 6.89. The highest BCUT2D eigenvalue weighted by Crippen LogP contribution is 2.18. The number of rotatable bonds is 5. The van der Waals surface area contributed by atoms with Gasteiger partial charge in [0.25, 0.3) is 0 Å². The van der Waals surface area contributed by atoms with Crippen LogP contribution >= 0.6 is 0 Å². The standard InChI is InChI=1S/C14H27N3O2/c1-5-15-13(19)14(3,4)9-17-12(18)11-6-7-16-10(2)8-11/h10-11,16H,5-9H2,1-4H3,(H,15,19)(H,17,18)/t10-,11-/m0/s1. The van der Waals surface area contributed by atoms with Gasteiger partial charge in [0, 0.05) is 25.0 Å². The Morgan fingerprint density at radius 1 is 1.32 bits per heavy atom. The Hall–Kier alpha value is -1.10. The SMILES string of the molecule is CCNC(=O)C(C)(C)CNC(=O)[C@H]1CCN[C@@H](C)C1. The fraction of sp³-hybridized carbons (Fsp3) is 0.857. The van der Waals surface area contributed by atoms with Crippen LogP contribution in [-0.4, -0.2) is 37.5 Å². The molecule has 1 heterocycles. The van der Waals surface area contributed by atoms with Crippen LogP contribution in [0.15, 0.2) is 0 Å². The molecule has 0 spiro atoms. The Bertz CT molecular complexity index is 329. The van der Waals surface area contributed by atoms with Crippen LogP contribution in [0.25, 0.3) is 0 Å². The smallest absolute Gasteiger partial charge is 0.227 e. The van der Waals surface area contributed by atoms with E-state index >= 15 is 0 Å². The van der Waals surface area contributed by atoms with Crippen molar-refractivity contribution < 1.29 is 9.59 Å². The molecule has 0 aromatic rings. The molecule has 2 amide bonds. The van der Waals surface area contributed by atoms with Crippen LogP contribution in [0.3, 0.4) is 0 Å². The largest absolute Gasteiger partial charge is 0.356 e. The summed E-state index contributed by atoms with van der Waals surface area (Å²) in [5.41, 5.74) is -0.565. The van der Waals surface area contributed by atoms with Crippen molar-refractivity contribution in [2.24, 2.45) is 11.3 Å². The molecule has 5 nitrogen and oxygen atoms in total. The Labute approximate surface area is 115 Å². The van der Waals surface area contributed by atoms with E-state index in [4.69, 9.17) is 0 Å². The predicted molar refractivity (Wildman–Crippen MR) is 75.7 cm³/mol. The Morgan fingerprint density at radius 3 is 2.58 bits per heavy atom. The first-order valence-electron chi connectivity index (χ1n) is 7.16. The van der Waals surface area contributed by atoms with Gasteiger partial charge >= 0.3 is 0 Å². The lowest BCUT2D eigenvalue weighted by molar-refractivity contribution is -0.130. The second-order valence-electron chi connectivity index (χ2n) is 6.04. The van der Waals surface area contributed by atoms with Gasteiger partial charge in [0.15, 0.2) is 0 Å². The van der Waals surface area contributed by atoms with Crippen LogP contribution in [0.2, 0.25) is 0 Å². The zero-order valence-corrected chi connectivity index (χ0v) is 12.5. The summed E-state index contributed by atoms with van der Waals surface area (Å²) in [6.07, 6.45) is 1.74. The summed E-state index contributed by atoms with van der Waals surface area (Å²) < 4.78 is 0. The minimum atomic E-state index is -0.565. The van der Waals surface area contributed by atoms with Crippen molar-refractivity contribution in [2.45, 2.75) is 46.6 Å². The average molecular weight is 269 g/mol. The van der Waals surface area contributed by atoms with Gasteiger partial charge in [-0.15, -0.1) is 0 Å². The number of amides is 2. The van der Waals surface area contributed by atoms with Crippen molar-refractivity contribution >= 4 is 11.8 Å². The van der Waals surface area contributed by atoms with Gasteiger partial charge in [0.1, 0.15) is 0 Å². The molecule has 2 atom stereocenters. The van der Waals surface area contributed by atoms with Gasteiger partial charge in [0.05, 0.1) is 5.41 Å². The summed E-state index contributed by atoms with van der Waals surface area (Å²) in [6.45, 7) is 9.57. The maximum absolute atomic E-state index is 12.1. The molecule has 19 heavy (non-hydrogen) atoms. The lowest BCUT2D eigenvalue weighted by atomic mass is 9.90. The van der Waals surface area contributed by atoms with E-state index in [1.807, 2.05) is 20.8 Å². The van der Waals surface area contributed by atoms with Gasteiger partial charge in [-0.3, -0.25) is 9.59 Å². The van der Waals surface area contributed by atoms with Crippen LogP contribution in [0, 0.1) is 11.3 Å². The number of hydrogen-bond acceptors (Lipinski definition) is 3. The monoisotopic (exact) mass is 269 g/mol. The molecule has 110 valence electrons. The van der Waals surface area contributed by atoms with Crippen LogP contribution < -0.4 is 16.0 Å². The summed E-state index contributed by atoms with van der Waals surface area (Å²) in [5.74, 6) is 0.126. The fourth-order valence-electron chi connectivity index (χ4n) is 2.30. The predicted octanol–water partition coefficient (Wildman–Crippen LogP) is 0.653. The van der Waals surface area contributed by atoms with E-state index in [-0.39, 0.29) is 17.7 Å². The Kier molecular flexibility index (Phi) is 5.79. The molecule has 1 aliphatic rings. The number of carbonyl (C=O) groups is 2. The summed E-state index contributed by atoms with van der Waals surface area (Å²) >= 11 is 0. The Morgan fingerprint density at radius 2 is 2.00 bits per heavy atom. The molecular weight excluding hydrogens is 242 g/mol. The number of piperidine rings is 1. The third-order valence-corrected chi connectivity index (χ3v) is 3.65. The van der Waals surface area contributed by atoms with Crippen molar-refractivity contribution in [3.8, 4) is 0 Å².